The van der Waals surface area contributed by atoms with Gasteiger partial charge in [0.1, 0.15) is 0 Å². The van der Waals surface area contributed by atoms with Gasteiger partial charge >= 0.3 is 0 Å². The monoisotopic (exact) mass is 203 g/mol. The first-order valence-electron chi connectivity index (χ1n) is 4.76. The molecule has 4 heteroatoms. The van der Waals surface area contributed by atoms with Crippen LogP contribution >= 0.6 is 0 Å². The van der Waals surface area contributed by atoms with E-state index in [1.807, 2.05) is 18.2 Å². The van der Waals surface area contributed by atoms with Gasteiger partial charge in [0.2, 0.25) is 0 Å². The zero-order valence-corrected chi connectivity index (χ0v) is 8.55. The predicted molar refractivity (Wildman–Crippen MR) is 58.3 cm³/mol. The zero-order valence-electron chi connectivity index (χ0n) is 8.55. The Kier molecular flexibility index (Phi) is 2.89. The molecule has 4 nitrogen and oxygen atoms in total. The minimum absolute atomic E-state index is 0.110. The van der Waals surface area contributed by atoms with Gasteiger partial charge in [-0.15, -0.1) is 0 Å². The smallest absolute Gasteiger partial charge is 0.0890 e. The van der Waals surface area contributed by atoms with Crippen molar-refractivity contribution in [2.24, 2.45) is 5.73 Å². The summed E-state index contributed by atoms with van der Waals surface area (Å²) in [5, 5.41) is 0. The fourth-order valence-electron chi connectivity index (χ4n) is 1.49. The Morgan fingerprint density at radius 3 is 2.73 bits per heavy atom. The number of fused-ring (bicyclic) bond motifs is 1. The summed E-state index contributed by atoms with van der Waals surface area (Å²) in [5.74, 6) is 0. The largest absolute Gasteiger partial charge is 0.383 e. The van der Waals surface area contributed by atoms with Gasteiger partial charge in [0.25, 0.3) is 0 Å². The fraction of sp³-hybridized carbons (Fsp3) is 0.273. The third-order valence-electron chi connectivity index (χ3n) is 2.27. The fourth-order valence-corrected chi connectivity index (χ4v) is 1.49. The van der Waals surface area contributed by atoms with Crippen LogP contribution in [0.4, 0.5) is 0 Å². The van der Waals surface area contributed by atoms with Gasteiger partial charge in [-0.3, -0.25) is 9.97 Å². The normalized spacial score (nSPS) is 12.9. The van der Waals surface area contributed by atoms with Crippen LogP contribution in [0.15, 0.2) is 30.6 Å². The highest BCUT2D eigenvalue weighted by Crippen LogP contribution is 2.15. The number of ether oxygens (including phenoxy) is 1. The molecule has 0 radical (unpaired) electrons. The van der Waals surface area contributed by atoms with Gasteiger partial charge in [-0.05, 0) is 17.7 Å². The lowest BCUT2D eigenvalue weighted by molar-refractivity contribution is 0.181. The molecular weight excluding hydrogens is 190 g/mol. The van der Waals surface area contributed by atoms with Crippen molar-refractivity contribution < 1.29 is 4.74 Å². The van der Waals surface area contributed by atoms with Crippen LogP contribution in [0.3, 0.4) is 0 Å². The molecule has 0 fully saturated rings. The molecule has 0 saturated carbocycles. The van der Waals surface area contributed by atoms with Gasteiger partial charge in [-0.25, -0.2) is 0 Å². The molecule has 2 N–H and O–H groups in total. The van der Waals surface area contributed by atoms with E-state index in [-0.39, 0.29) is 6.04 Å². The van der Waals surface area contributed by atoms with E-state index in [4.69, 9.17) is 10.5 Å². The van der Waals surface area contributed by atoms with Crippen LogP contribution in [0.25, 0.3) is 11.0 Å². The van der Waals surface area contributed by atoms with Crippen LogP contribution in [0.5, 0.6) is 0 Å². The van der Waals surface area contributed by atoms with Crippen molar-refractivity contribution in [3.8, 4) is 0 Å². The average Bonchev–Trinajstić information content (AvgIpc) is 2.29. The van der Waals surface area contributed by atoms with E-state index in [9.17, 15) is 0 Å². The van der Waals surface area contributed by atoms with Crippen LogP contribution in [-0.2, 0) is 4.74 Å². The highest BCUT2D eigenvalue weighted by Gasteiger charge is 2.06. The molecule has 1 unspecified atom stereocenters. The van der Waals surface area contributed by atoms with E-state index in [2.05, 4.69) is 9.97 Å². The van der Waals surface area contributed by atoms with Crippen LogP contribution in [0.2, 0.25) is 0 Å². The van der Waals surface area contributed by atoms with Crippen molar-refractivity contribution in [3.05, 3.63) is 36.2 Å². The number of hydrogen-bond donors (Lipinski definition) is 1. The molecule has 15 heavy (non-hydrogen) atoms. The number of nitrogens with two attached hydrogens (primary N) is 1. The van der Waals surface area contributed by atoms with Crippen LogP contribution < -0.4 is 5.73 Å². The third kappa shape index (κ3) is 2.11. The first kappa shape index (κ1) is 10.0. The second-order valence-corrected chi connectivity index (χ2v) is 3.37. The predicted octanol–water partition coefficient (Wildman–Crippen LogP) is 1.28. The lowest BCUT2D eigenvalue weighted by Crippen LogP contribution is -2.15. The SMILES string of the molecule is COCC(N)c1ccc2nccnc2c1. The number of nitrogens with zero attached hydrogens (tertiary/aromatic N) is 2. The van der Waals surface area contributed by atoms with E-state index in [1.54, 1.807) is 19.5 Å². The van der Waals surface area contributed by atoms with Gasteiger partial charge in [0.05, 0.1) is 23.7 Å². The summed E-state index contributed by atoms with van der Waals surface area (Å²) in [6.07, 6.45) is 3.35. The average molecular weight is 203 g/mol. The number of aromatic nitrogens is 2. The Morgan fingerprint density at radius 1 is 1.27 bits per heavy atom. The van der Waals surface area contributed by atoms with Crippen molar-refractivity contribution in [2.75, 3.05) is 13.7 Å². The van der Waals surface area contributed by atoms with Crippen molar-refractivity contribution in [1.29, 1.82) is 0 Å². The van der Waals surface area contributed by atoms with Crippen molar-refractivity contribution >= 4 is 11.0 Å². The van der Waals surface area contributed by atoms with Gasteiger partial charge < -0.3 is 10.5 Å². The van der Waals surface area contributed by atoms with E-state index in [0.29, 0.717) is 6.61 Å². The Bertz CT molecular complexity index is 458. The summed E-state index contributed by atoms with van der Waals surface area (Å²) >= 11 is 0. The van der Waals surface area contributed by atoms with Crippen molar-refractivity contribution in [1.82, 2.24) is 9.97 Å². The second kappa shape index (κ2) is 4.33. The number of methoxy groups -OCH3 is 1. The van der Waals surface area contributed by atoms with Gasteiger partial charge in [-0.2, -0.15) is 0 Å². The zero-order chi connectivity index (χ0) is 10.7. The maximum absolute atomic E-state index is 5.92. The lowest BCUT2D eigenvalue weighted by Gasteiger charge is -2.10. The maximum Gasteiger partial charge on any atom is 0.0890 e. The molecule has 0 bridgehead atoms. The van der Waals surface area contributed by atoms with Gasteiger partial charge in [0.15, 0.2) is 0 Å². The molecule has 1 aromatic heterocycles. The van der Waals surface area contributed by atoms with Crippen LogP contribution in [0.1, 0.15) is 11.6 Å². The first-order chi connectivity index (χ1) is 7.31. The molecule has 1 atom stereocenters. The van der Waals surface area contributed by atoms with E-state index < -0.39 is 0 Å². The van der Waals surface area contributed by atoms with Crippen LogP contribution in [0, 0.1) is 0 Å². The molecule has 2 aromatic rings. The minimum Gasteiger partial charge on any atom is -0.383 e. The molecule has 1 heterocycles. The van der Waals surface area contributed by atoms with Crippen molar-refractivity contribution in [2.45, 2.75) is 6.04 Å². The first-order valence-corrected chi connectivity index (χ1v) is 4.76. The molecule has 0 aliphatic carbocycles. The Balaban J connectivity index is 2.38. The Hall–Kier alpha value is -1.52. The summed E-state index contributed by atoms with van der Waals surface area (Å²) in [7, 11) is 1.64. The Morgan fingerprint density at radius 2 is 2.00 bits per heavy atom. The van der Waals surface area contributed by atoms with Crippen LogP contribution in [-0.4, -0.2) is 23.7 Å². The van der Waals surface area contributed by atoms with Crippen molar-refractivity contribution in [3.63, 3.8) is 0 Å². The standard InChI is InChI=1S/C11H13N3O/c1-15-7-9(12)8-2-3-10-11(6-8)14-5-4-13-10/h2-6,9H,7,12H2,1H3. The quantitative estimate of drug-likeness (QED) is 0.816. The molecule has 0 amide bonds. The molecule has 0 saturated heterocycles. The number of rotatable bonds is 3. The molecular formula is C11H13N3O. The summed E-state index contributed by atoms with van der Waals surface area (Å²) in [5.41, 5.74) is 8.68. The molecule has 2 rings (SSSR count). The lowest BCUT2D eigenvalue weighted by atomic mass is 10.1. The molecule has 0 aliphatic heterocycles. The third-order valence-corrected chi connectivity index (χ3v) is 2.27. The van der Waals surface area contributed by atoms with E-state index in [1.165, 1.54) is 0 Å². The molecule has 1 aromatic carbocycles. The molecule has 0 aliphatic rings. The van der Waals surface area contributed by atoms with E-state index >= 15 is 0 Å². The van der Waals surface area contributed by atoms with E-state index in [0.717, 1.165) is 16.6 Å². The maximum atomic E-state index is 5.92. The molecule has 78 valence electrons. The number of benzene rings is 1. The van der Waals surface area contributed by atoms with Gasteiger partial charge in [-0.1, -0.05) is 6.07 Å². The topological polar surface area (TPSA) is 61.0 Å². The minimum atomic E-state index is -0.110. The summed E-state index contributed by atoms with van der Waals surface area (Å²) in [6.45, 7) is 0.506. The number of hydrogen-bond acceptors (Lipinski definition) is 4. The highest BCUT2D eigenvalue weighted by molar-refractivity contribution is 5.74. The van der Waals surface area contributed by atoms with Gasteiger partial charge in [0, 0.05) is 19.5 Å². The summed E-state index contributed by atoms with van der Waals surface area (Å²) in [6, 6.07) is 5.72. The second-order valence-electron chi connectivity index (χ2n) is 3.37. The molecule has 0 spiro atoms. The Labute approximate surface area is 88.1 Å². The summed E-state index contributed by atoms with van der Waals surface area (Å²) < 4.78 is 5.01. The highest BCUT2D eigenvalue weighted by atomic mass is 16.5. The summed E-state index contributed by atoms with van der Waals surface area (Å²) in [4.78, 5) is 8.42.